The van der Waals surface area contributed by atoms with Crippen LogP contribution < -0.4 is 5.84 Å². The summed E-state index contributed by atoms with van der Waals surface area (Å²) in [6.07, 6.45) is 3.83. The van der Waals surface area contributed by atoms with Gasteiger partial charge in [-0.3, -0.25) is 5.01 Å². The summed E-state index contributed by atoms with van der Waals surface area (Å²) in [4.78, 5) is 0. The third-order valence-corrected chi connectivity index (χ3v) is 2.88. The van der Waals surface area contributed by atoms with Gasteiger partial charge in [0.2, 0.25) is 0 Å². The molecular weight excluding hydrogens is 208 g/mol. The van der Waals surface area contributed by atoms with Gasteiger partial charge in [0.25, 0.3) is 0 Å². The van der Waals surface area contributed by atoms with Crippen LogP contribution in [0.1, 0.15) is 12.5 Å². The highest BCUT2D eigenvalue weighted by molar-refractivity contribution is 5.74. The lowest BCUT2D eigenvalue weighted by atomic mass is 9.98. The summed E-state index contributed by atoms with van der Waals surface area (Å²) in [5.41, 5.74) is 4.92. The van der Waals surface area contributed by atoms with Crippen molar-refractivity contribution < 1.29 is 0 Å². The molecule has 86 valence electrons. The van der Waals surface area contributed by atoms with E-state index in [0.29, 0.717) is 0 Å². The van der Waals surface area contributed by atoms with E-state index in [1.165, 1.54) is 0 Å². The maximum absolute atomic E-state index is 6.10. The van der Waals surface area contributed by atoms with Gasteiger partial charge in [-0.25, -0.2) is 5.84 Å². The molecule has 2 heteroatoms. The molecule has 0 aliphatic carbocycles. The van der Waals surface area contributed by atoms with Gasteiger partial charge in [-0.15, -0.1) is 0 Å². The lowest BCUT2D eigenvalue weighted by molar-refractivity contribution is 0.524. The minimum atomic E-state index is 0.768. The summed E-state index contributed by atoms with van der Waals surface area (Å²) < 4.78 is 0. The van der Waals surface area contributed by atoms with Crippen molar-refractivity contribution in [3.05, 3.63) is 78.0 Å². The Kier molecular flexibility index (Phi) is 2.98. The predicted octanol–water partition coefficient (Wildman–Crippen LogP) is 3.23. The topological polar surface area (TPSA) is 29.3 Å². The van der Waals surface area contributed by atoms with Crippen LogP contribution in [0.3, 0.4) is 0 Å². The molecule has 1 aromatic carbocycles. The molecule has 0 radical (unpaired) electrons. The molecule has 0 saturated carbocycles. The highest BCUT2D eigenvalue weighted by atomic mass is 15.4. The van der Waals surface area contributed by atoms with Crippen molar-refractivity contribution >= 4 is 5.70 Å². The minimum absolute atomic E-state index is 0.768. The molecule has 1 aliphatic rings. The molecule has 2 rings (SSSR count). The van der Waals surface area contributed by atoms with Crippen LogP contribution in [0, 0.1) is 0 Å². The Morgan fingerprint density at radius 2 is 1.88 bits per heavy atom. The second-order valence-corrected chi connectivity index (χ2v) is 4.02. The Balaban J connectivity index is 2.56. The van der Waals surface area contributed by atoms with Crippen molar-refractivity contribution in [3.8, 4) is 0 Å². The zero-order valence-electron chi connectivity index (χ0n) is 9.98. The number of rotatable bonds is 2. The molecule has 0 aromatic heterocycles. The molecular formula is C15H16N2. The number of hydrazine groups is 1. The van der Waals surface area contributed by atoms with Crippen molar-refractivity contribution in [1.82, 2.24) is 5.01 Å². The van der Waals surface area contributed by atoms with E-state index in [4.69, 9.17) is 5.84 Å². The fourth-order valence-electron chi connectivity index (χ4n) is 1.99. The van der Waals surface area contributed by atoms with Crippen LogP contribution in [0.25, 0.3) is 5.70 Å². The zero-order chi connectivity index (χ0) is 12.4. The number of nitrogens with zero attached hydrogens (tertiary/aromatic N) is 1. The molecule has 0 amide bonds. The summed E-state index contributed by atoms with van der Waals surface area (Å²) in [5, 5.41) is 1.63. The molecule has 1 heterocycles. The molecule has 0 bridgehead atoms. The number of benzene rings is 1. The summed E-state index contributed by atoms with van der Waals surface area (Å²) in [6, 6.07) is 10.1. The summed E-state index contributed by atoms with van der Waals surface area (Å²) in [6.45, 7) is 9.79. The van der Waals surface area contributed by atoms with Crippen LogP contribution in [0.15, 0.2) is 72.5 Å². The molecule has 0 saturated heterocycles. The summed E-state index contributed by atoms with van der Waals surface area (Å²) in [7, 11) is 0. The van der Waals surface area contributed by atoms with Crippen LogP contribution in [0.5, 0.6) is 0 Å². The highest BCUT2D eigenvalue weighted by Gasteiger charge is 2.19. The normalized spacial score (nSPS) is 16.0. The predicted molar refractivity (Wildman–Crippen MR) is 72.5 cm³/mol. The van der Waals surface area contributed by atoms with E-state index >= 15 is 0 Å². The van der Waals surface area contributed by atoms with Gasteiger partial charge in [0.1, 0.15) is 0 Å². The molecule has 1 aromatic rings. The standard InChI is InChI=1S/C15H16N2/c1-4-13-10-11(2)15(17(16)12(13)3)14-8-6-5-7-9-14/h4-10H,1,3,16H2,2H3. The molecule has 0 unspecified atom stereocenters. The van der Waals surface area contributed by atoms with E-state index in [-0.39, 0.29) is 0 Å². The molecule has 2 nitrogen and oxygen atoms in total. The molecule has 0 atom stereocenters. The Labute approximate surface area is 102 Å². The van der Waals surface area contributed by atoms with Gasteiger partial charge in [-0.2, -0.15) is 0 Å². The highest BCUT2D eigenvalue weighted by Crippen LogP contribution is 2.32. The first-order chi connectivity index (χ1) is 8.15. The molecule has 1 aliphatic heterocycles. The van der Waals surface area contributed by atoms with Gasteiger partial charge >= 0.3 is 0 Å². The van der Waals surface area contributed by atoms with Crippen molar-refractivity contribution in [1.29, 1.82) is 0 Å². The largest absolute Gasteiger partial charge is 0.279 e. The van der Waals surface area contributed by atoms with Gasteiger partial charge in [-0.1, -0.05) is 49.6 Å². The van der Waals surface area contributed by atoms with Crippen LogP contribution in [-0.4, -0.2) is 5.01 Å². The average molecular weight is 224 g/mol. The minimum Gasteiger partial charge on any atom is -0.279 e. The SMILES string of the molecule is C=CC1=CC(C)=C(c2ccccc2)N(N)C1=C. The van der Waals surface area contributed by atoms with Crippen LogP contribution in [0.4, 0.5) is 0 Å². The van der Waals surface area contributed by atoms with Crippen LogP contribution in [-0.2, 0) is 0 Å². The fourth-order valence-corrected chi connectivity index (χ4v) is 1.99. The van der Waals surface area contributed by atoms with Crippen molar-refractivity contribution in [2.75, 3.05) is 0 Å². The lowest BCUT2D eigenvalue weighted by Gasteiger charge is -2.30. The van der Waals surface area contributed by atoms with Gasteiger partial charge in [0, 0.05) is 0 Å². The summed E-state index contributed by atoms with van der Waals surface area (Å²) >= 11 is 0. The lowest BCUT2D eigenvalue weighted by Crippen LogP contribution is -2.31. The first-order valence-corrected chi connectivity index (χ1v) is 5.49. The third-order valence-electron chi connectivity index (χ3n) is 2.88. The number of hydrogen-bond donors (Lipinski definition) is 1. The first-order valence-electron chi connectivity index (χ1n) is 5.49. The van der Waals surface area contributed by atoms with E-state index in [2.05, 4.69) is 19.2 Å². The second-order valence-electron chi connectivity index (χ2n) is 4.02. The number of nitrogens with two attached hydrogens (primary N) is 1. The van der Waals surface area contributed by atoms with Crippen molar-refractivity contribution in [3.63, 3.8) is 0 Å². The Bertz CT molecular complexity index is 521. The smallest absolute Gasteiger partial charge is 0.0676 e. The summed E-state index contributed by atoms with van der Waals surface area (Å²) in [5.74, 6) is 6.10. The Morgan fingerprint density at radius 1 is 1.24 bits per heavy atom. The third kappa shape index (κ3) is 1.95. The molecule has 2 N–H and O–H groups in total. The molecule has 17 heavy (non-hydrogen) atoms. The molecule has 0 spiro atoms. The van der Waals surface area contributed by atoms with Gasteiger partial charge in [0.15, 0.2) is 0 Å². The number of hydrogen-bond acceptors (Lipinski definition) is 2. The molecule has 0 fully saturated rings. The second kappa shape index (κ2) is 4.44. The van der Waals surface area contributed by atoms with E-state index < -0.39 is 0 Å². The van der Waals surface area contributed by atoms with E-state index in [0.717, 1.165) is 28.1 Å². The number of allylic oxidation sites excluding steroid dienone is 3. The fraction of sp³-hybridized carbons (Fsp3) is 0.0667. The Hall–Kier alpha value is -2.06. The quantitative estimate of drug-likeness (QED) is 0.781. The van der Waals surface area contributed by atoms with E-state index in [9.17, 15) is 0 Å². The van der Waals surface area contributed by atoms with Gasteiger partial charge in [-0.05, 0) is 29.7 Å². The van der Waals surface area contributed by atoms with E-state index in [1.54, 1.807) is 11.1 Å². The maximum atomic E-state index is 6.10. The average Bonchev–Trinajstić information content (AvgIpc) is 2.35. The zero-order valence-corrected chi connectivity index (χ0v) is 9.98. The van der Waals surface area contributed by atoms with Crippen molar-refractivity contribution in [2.24, 2.45) is 5.84 Å². The van der Waals surface area contributed by atoms with Crippen LogP contribution >= 0.6 is 0 Å². The van der Waals surface area contributed by atoms with E-state index in [1.807, 2.05) is 37.3 Å². The van der Waals surface area contributed by atoms with Crippen molar-refractivity contribution in [2.45, 2.75) is 6.92 Å². The monoisotopic (exact) mass is 224 g/mol. The maximum Gasteiger partial charge on any atom is 0.0676 e. The van der Waals surface area contributed by atoms with Gasteiger partial charge < -0.3 is 0 Å². The van der Waals surface area contributed by atoms with Gasteiger partial charge in [0.05, 0.1) is 11.4 Å². The Morgan fingerprint density at radius 3 is 2.47 bits per heavy atom. The first kappa shape index (κ1) is 11.4. The van der Waals surface area contributed by atoms with Crippen LogP contribution in [0.2, 0.25) is 0 Å².